The van der Waals surface area contributed by atoms with Gasteiger partial charge in [0.05, 0.1) is 0 Å². The lowest BCUT2D eigenvalue weighted by atomic mass is 10.0. The van der Waals surface area contributed by atoms with E-state index in [4.69, 9.17) is 0 Å². The van der Waals surface area contributed by atoms with E-state index in [2.05, 4.69) is 31.4 Å². The molecule has 0 aliphatic carbocycles. The van der Waals surface area contributed by atoms with Crippen LogP contribution >= 0.6 is 0 Å². The average molecular weight is 214 g/mol. The molecular weight excluding hydrogens is 188 g/mol. The summed E-state index contributed by atoms with van der Waals surface area (Å²) in [4.78, 5) is 11.2. The van der Waals surface area contributed by atoms with Gasteiger partial charge in [0, 0.05) is 25.0 Å². The molecule has 0 spiro atoms. The third-order valence-corrected chi connectivity index (χ3v) is 2.91. The van der Waals surface area contributed by atoms with Crippen molar-refractivity contribution in [2.24, 2.45) is 11.8 Å². The fourth-order valence-electron chi connectivity index (χ4n) is 1.24. The second-order valence-electron chi connectivity index (χ2n) is 4.57. The van der Waals surface area contributed by atoms with Gasteiger partial charge in [-0.05, 0) is 12.8 Å². The van der Waals surface area contributed by atoms with Crippen LogP contribution in [0.4, 0.5) is 0 Å². The number of hydrogen-bond acceptors (Lipinski definition) is 2. The first-order valence-electron chi connectivity index (χ1n) is 6.00. The molecule has 0 aromatic rings. The molecule has 0 fully saturated rings. The predicted octanol–water partition coefficient (Wildman–Crippen LogP) is 1.78. The van der Waals surface area contributed by atoms with Crippen LogP contribution in [-0.2, 0) is 4.79 Å². The molecule has 0 bridgehead atoms. The van der Waals surface area contributed by atoms with E-state index in [0.717, 1.165) is 13.1 Å². The van der Waals surface area contributed by atoms with E-state index in [-0.39, 0.29) is 11.8 Å². The van der Waals surface area contributed by atoms with Crippen LogP contribution in [0.2, 0.25) is 0 Å². The summed E-state index contributed by atoms with van der Waals surface area (Å²) in [5.74, 6) is 0.899. The van der Waals surface area contributed by atoms with Crippen molar-refractivity contribution >= 4 is 5.91 Å². The first-order valence-corrected chi connectivity index (χ1v) is 6.00. The summed E-state index contributed by atoms with van der Waals surface area (Å²) in [5.41, 5.74) is 0. The molecular formula is C12H26N2O. The molecule has 0 aromatic heterocycles. The number of amides is 1. The highest BCUT2D eigenvalue weighted by Gasteiger charge is 2.09. The average Bonchev–Trinajstić information content (AvgIpc) is 2.22. The SMILES string of the molecule is CCC(C)C(C)NCCNC(=O)C(C)C. The molecule has 0 aliphatic heterocycles. The number of rotatable bonds is 7. The number of carbonyl (C=O) groups excluding carboxylic acids is 1. The molecule has 0 aromatic carbocycles. The van der Waals surface area contributed by atoms with Crippen molar-refractivity contribution in [1.29, 1.82) is 0 Å². The Balaban J connectivity index is 3.50. The van der Waals surface area contributed by atoms with Gasteiger partial charge in [-0.15, -0.1) is 0 Å². The van der Waals surface area contributed by atoms with Gasteiger partial charge < -0.3 is 10.6 Å². The Morgan fingerprint density at radius 3 is 2.20 bits per heavy atom. The van der Waals surface area contributed by atoms with Crippen molar-refractivity contribution in [3.63, 3.8) is 0 Å². The molecule has 0 heterocycles. The van der Waals surface area contributed by atoms with Gasteiger partial charge in [0.2, 0.25) is 5.91 Å². The summed E-state index contributed by atoms with van der Waals surface area (Å²) in [5, 5.41) is 6.31. The molecule has 0 aliphatic rings. The van der Waals surface area contributed by atoms with Crippen molar-refractivity contribution in [2.75, 3.05) is 13.1 Å². The van der Waals surface area contributed by atoms with Crippen molar-refractivity contribution < 1.29 is 4.79 Å². The van der Waals surface area contributed by atoms with E-state index in [1.54, 1.807) is 0 Å². The summed E-state index contributed by atoms with van der Waals surface area (Å²) in [6, 6.07) is 0.519. The van der Waals surface area contributed by atoms with E-state index < -0.39 is 0 Å². The summed E-state index contributed by atoms with van der Waals surface area (Å²) in [6.07, 6.45) is 1.19. The van der Waals surface area contributed by atoms with E-state index in [9.17, 15) is 4.79 Å². The van der Waals surface area contributed by atoms with Crippen molar-refractivity contribution in [1.82, 2.24) is 10.6 Å². The second kappa shape index (κ2) is 7.69. The number of carbonyl (C=O) groups is 1. The van der Waals surface area contributed by atoms with Crippen LogP contribution in [0.3, 0.4) is 0 Å². The van der Waals surface area contributed by atoms with E-state index in [0.29, 0.717) is 12.0 Å². The summed E-state index contributed by atoms with van der Waals surface area (Å²) >= 11 is 0. The lowest BCUT2D eigenvalue weighted by Gasteiger charge is -2.20. The van der Waals surface area contributed by atoms with Crippen molar-refractivity contribution in [2.45, 2.75) is 47.1 Å². The van der Waals surface area contributed by atoms with Crippen LogP contribution in [0.15, 0.2) is 0 Å². The van der Waals surface area contributed by atoms with Gasteiger partial charge in [0.1, 0.15) is 0 Å². The quantitative estimate of drug-likeness (QED) is 0.634. The smallest absolute Gasteiger partial charge is 0.222 e. The van der Waals surface area contributed by atoms with Gasteiger partial charge in [-0.2, -0.15) is 0 Å². The van der Waals surface area contributed by atoms with Gasteiger partial charge in [-0.25, -0.2) is 0 Å². The lowest BCUT2D eigenvalue weighted by Crippen LogP contribution is -2.39. The molecule has 0 radical (unpaired) electrons. The Morgan fingerprint density at radius 2 is 1.73 bits per heavy atom. The topological polar surface area (TPSA) is 41.1 Å². The molecule has 0 rings (SSSR count). The second-order valence-corrected chi connectivity index (χ2v) is 4.57. The monoisotopic (exact) mass is 214 g/mol. The normalized spacial score (nSPS) is 15.1. The Morgan fingerprint density at radius 1 is 1.13 bits per heavy atom. The molecule has 2 atom stereocenters. The van der Waals surface area contributed by atoms with Crippen molar-refractivity contribution in [3.8, 4) is 0 Å². The van der Waals surface area contributed by atoms with E-state index >= 15 is 0 Å². The van der Waals surface area contributed by atoms with Crippen LogP contribution in [-0.4, -0.2) is 25.0 Å². The third-order valence-electron chi connectivity index (χ3n) is 2.91. The zero-order chi connectivity index (χ0) is 11.8. The van der Waals surface area contributed by atoms with Gasteiger partial charge in [0.25, 0.3) is 0 Å². The summed E-state index contributed by atoms with van der Waals surface area (Å²) in [6.45, 7) is 12.0. The minimum atomic E-state index is 0.0805. The Labute approximate surface area is 94.0 Å². The Hall–Kier alpha value is -0.570. The molecule has 0 saturated carbocycles. The van der Waals surface area contributed by atoms with Crippen molar-refractivity contribution in [3.05, 3.63) is 0 Å². The largest absolute Gasteiger partial charge is 0.355 e. The molecule has 2 N–H and O–H groups in total. The molecule has 0 saturated heterocycles. The molecule has 2 unspecified atom stereocenters. The van der Waals surface area contributed by atoms with Crippen LogP contribution in [0.25, 0.3) is 0 Å². The fourth-order valence-corrected chi connectivity index (χ4v) is 1.24. The minimum absolute atomic E-state index is 0.0805. The summed E-state index contributed by atoms with van der Waals surface area (Å²) < 4.78 is 0. The standard InChI is InChI=1S/C12H26N2O/c1-6-10(4)11(5)13-7-8-14-12(15)9(2)3/h9-11,13H,6-8H2,1-5H3,(H,14,15). The maximum Gasteiger partial charge on any atom is 0.222 e. The zero-order valence-corrected chi connectivity index (χ0v) is 10.8. The molecule has 90 valence electrons. The highest BCUT2D eigenvalue weighted by Crippen LogP contribution is 2.05. The first-order chi connectivity index (χ1) is 6.99. The molecule has 3 nitrogen and oxygen atoms in total. The lowest BCUT2D eigenvalue weighted by molar-refractivity contribution is -0.123. The predicted molar refractivity (Wildman–Crippen MR) is 64.8 cm³/mol. The molecule has 15 heavy (non-hydrogen) atoms. The third kappa shape index (κ3) is 6.50. The Bertz CT molecular complexity index is 180. The van der Waals surface area contributed by atoms with Gasteiger partial charge in [-0.1, -0.05) is 34.1 Å². The van der Waals surface area contributed by atoms with Crippen LogP contribution in [0, 0.1) is 11.8 Å². The minimum Gasteiger partial charge on any atom is -0.355 e. The molecule has 3 heteroatoms. The van der Waals surface area contributed by atoms with Gasteiger partial charge >= 0.3 is 0 Å². The van der Waals surface area contributed by atoms with E-state index in [1.165, 1.54) is 6.42 Å². The number of nitrogens with one attached hydrogen (secondary N) is 2. The van der Waals surface area contributed by atoms with Crippen LogP contribution < -0.4 is 10.6 Å². The van der Waals surface area contributed by atoms with Gasteiger partial charge in [-0.3, -0.25) is 4.79 Å². The maximum absolute atomic E-state index is 11.2. The first kappa shape index (κ1) is 14.4. The Kier molecular flexibility index (Phi) is 7.39. The highest BCUT2D eigenvalue weighted by molar-refractivity contribution is 5.77. The summed E-state index contributed by atoms with van der Waals surface area (Å²) in [7, 11) is 0. The zero-order valence-electron chi connectivity index (χ0n) is 10.8. The maximum atomic E-state index is 11.2. The van der Waals surface area contributed by atoms with Gasteiger partial charge in [0.15, 0.2) is 0 Å². The highest BCUT2D eigenvalue weighted by atomic mass is 16.1. The van der Waals surface area contributed by atoms with E-state index in [1.807, 2.05) is 13.8 Å². The fraction of sp³-hybridized carbons (Fsp3) is 0.917. The number of hydrogen-bond donors (Lipinski definition) is 2. The molecule has 1 amide bonds. The van der Waals surface area contributed by atoms with Crippen LogP contribution in [0.5, 0.6) is 0 Å². The van der Waals surface area contributed by atoms with Crippen LogP contribution in [0.1, 0.15) is 41.0 Å².